The largest absolute Gasteiger partial charge is 0.454 e. The molecule has 1 saturated carbocycles. The van der Waals surface area contributed by atoms with Crippen LogP contribution < -0.4 is 20.1 Å². The van der Waals surface area contributed by atoms with E-state index in [1.807, 2.05) is 74.5 Å². The number of hydrogen-bond acceptors (Lipinski definition) is 4. The fourth-order valence-electron chi connectivity index (χ4n) is 4.37. The lowest BCUT2D eigenvalue weighted by Crippen LogP contribution is -2.27. The monoisotopic (exact) mass is 460 g/mol. The van der Waals surface area contributed by atoms with Crippen LogP contribution in [0, 0.1) is 6.92 Å². The van der Waals surface area contributed by atoms with Crippen molar-refractivity contribution in [2.24, 2.45) is 0 Å². The van der Waals surface area contributed by atoms with E-state index >= 15 is 0 Å². The Labute approximate surface area is 202 Å². The molecule has 0 spiro atoms. The Morgan fingerprint density at radius 3 is 2.47 bits per heavy atom. The topological polar surface area (TPSA) is 76.7 Å². The van der Waals surface area contributed by atoms with E-state index in [0.29, 0.717) is 17.9 Å². The maximum atomic E-state index is 13.3. The van der Waals surface area contributed by atoms with Crippen LogP contribution in [0.5, 0.6) is 11.5 Å². The second-order valence-electron chi connectivity index (χ2n) is 8.97. The summed E-state index contributed by atoms with van der Waals surface area (Å²) in [4.78, 5) is 25.5. The van der Waals surface area contributed by atoms with Gasteiger partial charge in [-0.25, -0.2) is 0 Å². The average Bonchev–Trinajstić information content (AvgIpc) is 3.54. The third-order valence-electron chi connectivity index (χ3n) is 6.60. The van der Waals surface area contributed by atoms with Crippen LogP contribution >= 0.6 is 0 Å². The first kappa shape index (κ1) is 22.0. The van der Waals surface area contributed by atoms with Crippen molar-refractivity contribution in [3.8, 4) is 22.6 Å². The van der Waals surface area contributed by atoms with Gasteiger partial charge in [-0.15, -0.1) is 0 Å². The fraction of sp³-hybridized carbons (Fsp3) is 0.286. The molecule has 1 aliphatic heterocycles. The predicted molar refractivity (Wildman–Crippen MR) is 136 cm³/mol. The van der Waals surface area contributed by atoms with E-state index in [0.717, 1.165) is 53.0 Å². The van der Waals surface area contributed by atoms with E-state index in [-0.39, 0.29) is 21.5 Å². The Morgan fingerprint density at radius 1 is 0.971 bits per heavy atom. The molecule has 2 amide bonds. The van der Waals surface area contributed by atoms with Gasteiger partial charge < -0.3 is 20.1 Å². The van der Waals surface area contributed by atoms with Crippen LogP contribution in [0.3, 0.4) is 0 Å². The van der Waals surface area contributed by atoms with E-state index in [9.17, 15) is 9.59 Å². The SMILES string of the molecule is CCCNC(=O)c1ccc(-c2cc(NC(=O)C3(c4ccc5c(c4)OCO5)CC3)ccc2C)cc1.[HH].[HH]. The molecular formula is C28H32N2O4. The summed E-state index contributed by atoms with van der Waals surface area (Å²) in [5.41, 5.74) is 4.93. The highest BCUT2D eigenvalue weighted by molar-refractivity contribution is 6.02. The van der Waals surface area contributed by atoms with E-state index < -0.39 is 5.41 Å². The van der Waals surface area contributed by atoms with Gasteiger partial charge in [0.1, 0.15) is 0 Å². The quantitative estimate of drug-likeness (QED) is 0.475. The van der Waals surface area contributed by atoms with Crippen LogP contribution in [-0.2, 0) is 10.2 Å². The van der Waals surface area contributed by atoms with Gasteiger partial charge in [0.25, 0.3) is 5.91 Å². The van der Waals surface area contributed by atoms with E-state index in [1.165, 1.54) is 0 Å². The first-order valence-electron chi connectivity index (χ1n) is 11.7. The van der Waals surface area contributed by atoms with E-state index in [4.69, 9.17) is 9.47 Å². The Balaban J connectivity index is 0.00000180. The highest BCUT2D eigenvalue weighted by Crippen LogP contribution is 2.51. The number of amides is 2. The van der Waals surface area contributed by atoms with Crippen molar-refractivity contribution >= 4 is 17.5 Å². The van der Waals surface area contributed by atoms with Crippen molar-refractivity contribution in [2.75, 3.05) is 18.7 Å². The lowest BCUT2D eigenvalue weighted by Gasteiger charge is -2.17. The number of carbonyl (C=O) groups excluding carboxylic acids is 2. The minimum absolute atomic E-state index is 0. The van der Waals surface area contributed by atoms with E-state index in [1.54, 1.807) is 0 Å². The van der Waals surface area contributed by atoms with Crippen LogP contribution in [0.2, 0.25) is 0 Å². The van der Waals surface area contributed by atoms with Gasteiger partial charge in [0.15, 0.2) is 11.5 Å². The van der Waals surface area contributed by atoms with Crippen LogP contribution in [0.4, 0.5) is 5.69 Å². The second kappa shape index (κ2) is 8.86. The molecule has 0 bridgehead atoms. The Morgan fingerprint density at radius 2 is 1.74 bits per heavy atom. The van der Waals surface area contributed by atoms with Gasteiger partial charge >= 0.3 is 0 Å². The number of fused-ring (bicyclic) bond motifs is 1. The van der Waals surface area contributed by atoms with Crippen LogP contribution in [-0.4, -0.2) is 25.2 Å². The lowest BCUT2D eigenvalue weighted by molar-refractivity contribution is -0.118. The molecule has 0 saturated heterocycles. The Kier molecular flexibility index (Phi) is 5.74. The molecule has 0 unspecified atom stereocenters. The van der Waals surface area contributed by atoms with Crippen molar-refractivity contribution in [1.82, 2.24) is 5.32 Å². The van der Waals surface area contributed by atoms with Gasteiger partial charge in [-0.1, -0.05) is 31.2 Å². The molecule has 6 nitrogen and oxygen atoms in total. The maximum absolute atomic E-state index is 13.3. The summed E-state index contributed by atoms with van der Waals surface area (Å²) in [5.74, 6) is 1.34. The van der Waals surface area contributed by atoms with Crippen molar-refractivity contribution in [3.63, 3.8) is 0 Å². The molecule has 5 rings (SSSR count). The summed E-state index contributed by atoms with van der Waals surface area (Å²) < 4.78 is 10.9. The highest BCUT2D eigenvalue weighted by atomic mass is 16.7. The number of hydrogen-bond donors (Lipinski definition) is 2. The third-order valence-corrected chi connectivity index (χ3v) is 6.60. The minimum atomic E-state index is -0.528. The smallest absolute Gasteiger partial charge is 0.251 e. The molecule has 1 aliphatic carbocycles. The number of benzene rings is 3. The summed E-state index contributed by atoms with van der Waals surface area (Å²) in [5, 5.41) is 6.02. The summed E-state index contributed by atoms with van der Waals surface area (Å²) >= 11 is 0. The molecular weight excluding hydrogens is 428 g/mol. The molecule has 1 fully saturated rings. The molecule has 2 aliphatic rings. The van der Waals surface area contributed by atoms with Crippen molar-refractivity contribution in [1.29, 1.82) is 0 Å². The molecule has 3 aromatic rings. The number of carbonyl (C=O) groups is 2. The Hall–Kier alpha value is -3.80. The molecule has 0 radical (unpaired) electrons. The molecule has 0 atom stereocenters. The van der Waals surface area contributed by atoms with Gasteiger partial charge in [-0.2, -0.15) is 0 Å². The van der Waals surface area contributed by atoms with Crippen LogP contribution in [0.1, 0.15) is 50.5 Å². The highest BCUT2D eigenvalue weighted by Gasteiger charge is 2.51. The maximum Gasteiger partial charge on any atom is 0.251 e. The van der Waals surface area contributed by atoms with Gasteiger partial charge in [0.05, 0.1) is 5.41 Å². The standard InChI is InChI=1S/C28H28N2O4.2H2/c1-3-14-29-26(31)20-7-5-19(6-8-20)23-16-22(10-4-18(23)2)30-27(32)28(12-13-28)21-9-11-24-25(15-21)34-17-33-24;;/h4-11,15-16H,3,12-14,17H2,1-2H3,(H,29,31)(H,30,32);2*1H. The normalized spacial score (nSPS) is 15.0. The summed E-state index contributed by atoms with van der Waals surface area (Å²) in [6.45, 7) is 4.94. The summed E-state index contributed by atoms with van der Waals surface area (Å²) in [6.07, 6.45) is 2.51. The van der Waals surface area contributed by atoms with Gasteiger partial charge in [-0.3, -0.25) is 9.59 Å². The molecule has 178 valence electrons. The molecule has 0 aromatic heterocycles. The molecule has 1 heterocycles. The Bertz CT molecular complexity index is 1260. The minimum Gasteiger partial charge on any atom is -0.454 e. The van der Waals surface area contributed by atoms with Crippen LogP contribution in [0.25, 0.3) is 11.1 Å². The first-order chi connectivity index (χ1) is 16.5. The number of aryl methyl sites for hydroxylation is 1. The van der Waals surface area contributed by atoms with Gasteiger partial charge in [0.2, 0.25) is 12.7 Å². The summed E-state index contributed by atoms with van der Waals surface area (Å²) in [7, 11) is 0. The molecule has 3 aromatic carbocycles. The van der Waals surface area contributed by atoms with Crippen LogP contribution in [0.15, 0.2) is 60.7 Å². The third kappa shape index (κ3) is 4.12. The van der Waals surface area contributed by atoms with Gasteiger partial charge in [-0.05, 0) is 84.8 Å². The average molecular weight is 461 g/mol. The number of nitrogens with one attached hydrogen (secondary N) is 2. The number of anilines is 1. The zero-order valence-electron chi connectivity index (χ0n) is 19.4. The van der Waals surface area contributed by atoms with E-state index in [2.05, 4.69) is 10.6 Å². The summed E-state index contributed by atoms with van der Waals surface area (Å²) in [6, 6.07) is 19.3. The molecule has 2 N–H and O–H groups in total. The number of ether oxygens (including phenoxy) is 2. The van der Waals surface area contributed by atoms with Gasteiger partial charge in [0, 0.05) is 20.6 Å². The fourth-order valence-corrected chi connectivity index (χ4v) is 4.37. The van der Waals surface area contributed by atoms with Crippen molar-refractivity contribution in [2.45, 2.75) is 38.5 Å². The second-order valence-corrected chi connectivity index (χ2v) is 8.97. The predicted octanol–water partition coefficient (Wildman–Crippen LogP) is 5.69. The van der Waals surface area contributed by atoms with Crippen molar-refractivity contribution < 1.29 is 21.9 Å². The molecule has 6 heteroatoms. The number of rotatable bonds is 7. The zero-order chi connectivity index (χ0) is 23.7. The lowest BCUT2D eigenvalue weighted by atomic mass is 9.94. The zero-order valence-corrected chi connectivity index (χ0v) is 19.4. The van der Waals surface area contributed by atoms with Crippen molar-refractivity contribution in [3.05, 3.63) is 77.4 Å². The first-order valence-corrected chi connectivity index (χ1v) is 11.7. The molecule has 34 heavy (non-hydrogen) atoms.